The van der Waals surface area contributed by atoms with E-state index >= 15 is 0 Å². The molecule has 0 aliphatic rings. The van der Waals surface area contributed by atoms with Gasteiger partial charge in [-0.15, -0.1) is 0 Å². The normalized spacial score (nSPS) is 11.2. The summed E-state index contributed by atoms with van der Waals surface area (Å²) < 4.78 is 8.32. The van der Waals surface area contributed by atoms with E-state index in [1.54, 1.807) is 6.07 Å². The molecule has 3 nitrogen and oxygen atoms in total. The highest BCUT2D eigenvalue weighted by Crippen LogP contribution is 2.38. The molecule has 0 fully saturated rings. The molecule has 3 rings (SSSR count). The van der Waals surface area contributed by atoms with Gasteiger partial charge in [-0.2, -0.15) is 0 Å². The maximum atomic E-state index is 6.21. The molecular formula is C13H6Br2ClIN2O. The fourth-order valence-electron chi connectivity index (χ4n) is 1.79. The van der Waals surface area contributed by atoms with E-state index < -0.39 is 0 Å². The van der Waals surface area contributed by atoms with Crippen molar-refractivity contribution in [3.05, 3.63) is 41.8 Å². The first-order valence-corrected chi connectivity index (χ1v) is 8.51. The van der Waals surface area contributed by atoms with Crippen molar-refractivity contribution < 1.29 is 4.42 Å². The standard InChI is InChI=1S/C13H6Br2ClIN2O/c14-7-4-9-12(10(15)11(7)18)19-13(20-9)6-3-5(17)1-2-8(6)16/h1-4H,18H2. The monoisotopic (exact) mass is 526 g/mol. The van der Waals surface area contributed by atoms with Crippen LogP contribution in [0.15, 0.2) is 37.6 Å². The number of benzene rings is 2. The summed E-state index contributed by atoms with van der Waals surface area (Å²) in [6.07, 6.45) is 0. The van der Waals surface area contributed by atoms with Crippen LogP contribution in [0.3, 0.4) is 0 Å². The van der Waals surface area contributed by atoms with Gasteiger partial charge in [0.2, 0.25) is 5.89 Å². The molecule has 0 amide bonds. The molecule has 0 radical (unpaired) electrons. The van der Waals surface area contributed by atoms with Crippen LogP contribution in [0.2, 0.25) is 5.02 Å². The van der Waals surface area contributed by atoms with Crippen LogP contribution in [0, 0.1) is 3.57 Å². The molecule has 1 aromatic heterocycles. The molecule has 0 saturated heterocycles. The first-order valence-electron chi connectivity index (χ1n) is 5.47. The number of nitrogens with zero attached hydrogens (tertiary/aromatic N) is 1. The Morgan fingerprint density at radius 3 is 2.75 bits per heavy atom. The minimum Gasteiger partial charge on any atom is -0.436 e. The Morgan fingerprint density at radius 1 is 1.25 bits per heavy atom. The van der Waals surface area contributed by atoms with Crippen LogP contribution in [0.4, 0.5) is 5.69 Å². The predicted octanol–water partition coefficient (Wildman–Crippen LogP) is 5.86. The van der Waals surface area contributed by atoms with Gasteiger partial charge in [-0.1, -0.05) is 11.6 Å². The fourth-order valence-corrected chi connectivity index (χ4v) is 3.65. The summed E-state index contributed by atoms with van der Waals surface area (Å²) in [5, 5.41) is 0.597. The molecule has 0 aliphatic heterocycles. The van der Waals surface area contributed by atoms with Crippen molar-refractivity contribution in [3.8, 4) is 11.5 Å². The van der Waals surface area contributed by atoms with E-state index in [0.717, 1.165) is 13.6 Å². The summed E-state index contributed by atoms with van der Waals surface area (Å²) in [7, 11) is 0. The number of oxazole rings is 1. The Kier molecular flexibility index (Phi) is 4.00. The topological polar surface area (TPSA) is 52.0 Å². The van der Waals surface area contributed by atoms with Crippen LogP contribution in [0.25, 0.3) is 22.6 Å². The maximum absolute atomic E-state index is 6.21. The molecule has 0 bridgehead atoms. The Balaban J connectivity index is 2.28. The molecule has 2 N–H and O–H groups in total. The molecule has 0 aliphatic carbocycles. The van der Waals surface area contributed by atoms with E-state index in [1.165, 1.54) is 0 Å². The van der Waals surface area contributed by atoms with Crippen LogP contribution >= 0.6 is 66.1 Å². The Labute approximate surface area is 150 Å². The van der Waals surface area contributed by atoms with Gasteiger partial charge >= 0.3 is 0 Å². The molecule has 3 aromatic rings. The highest BCUT2D eigenvalue weighted by atomic mass is 127. The third-order valence-corrected chi connectivity index (χ3v) is 5.23. The highest BCUT2D eigenvalue weighted by molar-refractivity contribution is 14.1. The molecule has 2 aromatic carbocycles. The number of nitrogen functional groups attached to an aromatic ring is 1. The van der Waals surface area contributed by atoms with Crippen molar-refractivity contribution in [2.24, 2.45) is 0 Å². The lowest BCUT2D eigenvalue weighted by molar-refractivity contribution is 0.619. The smallest absolute Gasteiger partial charge is 0.228 e. The number of rotatable bonds is 1. The number of anilines is 1. The van der Waals surface area contributed by atoms with Gasteiger partial charge in [0.05, 0.1) is 20.7 Å². The molecule has 0 spiro atoms. The average Bonchev–Trinajstić information content (AvgIpc) is 2.83. The molecule has 1 heterocycles. The number of hydrogen-bond donors (Lipinski definition) is 1. The van der Waals surface area contributed by atoms with Crippen molar-refractivity contribution in [1.82, 2.24) is 4.98 Å². The zero-order valence-corrected chi connectivity index (χ0v) is 15.8. The average molecular weight is 528 g/mol. The van der Waals surface area contributed by atoms with E-state index in [0.29, 0.717) is 32.2 Å². The summed E-state index contributed by atoms with van der Waals surface area (Å²) in [6, 6.07) is 7.49. The van der Waals surface area contributed by atoms with Gasteiger partial charge in [-0.05, 0) is 78.7 Å². The minimum atomic E-state index is 0.474. The number of hydrogen-bond acceptors (Lipinski definition) is 3. The van der Waals surface area contributed by atoms with Crippen LogP contribution in [0.1, 0.15) is 0 Å². The van der Waals surface area contributed by atoms with Crippen molar-refractivity contribution in [3.63, 3.8) is 0 Å². The summed E-state index contributed by atoms with van der Waals surface area (Å²) in [5.74, 6) is 0.474. The van der Waals surface area contributed by atoms with Crippen molar-refractivity contribution >= 4 is 82.8 Å². The SMILES string of the molecule is Nc1c(Br)cc2oc(-c3cc(I)ccc3Cl)nc2c1Br. The quantitative estimate of drug-likeness (QED) is 0.318. The van der Waals surface area contributed by atoms with E-state index in [4.69, 9.17) is 21.8 Å². The molecule has 20 heavy (non-hydrogen) atoms. The molecule has 102 valence electrons. The Hall–Kier alpha value is -0.310. The summed E-state index contributed by atoms with van der Waals surface area (Å²) in [5.41, 5.74) is 8.61. The van der Waals surface area contributed by atoms with Crippen LogP contribution < -0.4 is 5.73 Å². The van der Waals surface area contributed by atoms with Gasteiger partial charge < -0.3 is 10.2 Å². The van der Waals surface area contributed by atoms with E-state index in [1.807, 2.05) is 18.2 Å². The van der Waals surface area contributed by atoms with Gasteiger partial charge in [0.25, 0.3) is 0 Å². The van der Waals surface area contributed by atoms with E-state index in [2.05, 4.69) is 59.4 Å². The number of nitrogens with two attached hydrogens (primary N) is 1. The first kappa shape index (κ1) is 14.6. The van der Waals surface area contributed by atoms with Crippen molar-refractivity contribution in [2.75, 3.05) is 5.73 Å². The molecule has 0 saturated carbocycles. The van der Waals surface area contributed by atoms with Gasteiger partial charge in [0.15, 0.2) is 5.58 Å². The first-order chi connectivity index (χ1) is 9.47. The zero-order chi connectivity index (χ0) is 14.4. The van der Waals surface area contributed by atoms with E-state index in [9.17, 15) is 0 Å². The van der Waals surface area contributed by atoms with Crippen molar-refractivity contribution in [1.29, 1.82) is 0 Å². The maximum Gasteiger partial charge on any atom is 0.228 e. The van der Waals surface area contributed by atoms with E-state index in [-0.39, 0.29) is 0 Å². The summed E-state index contributed by atoms with van der Waals surface area (Å²) >= 11 is 15.3. The lowest BCUT2D eigenvalue weighted by Crippen LogP contribution is -1.89. The number of aromatic nitrogens is 1. The van der Waals surface area contributed by atoms with Gasteiger partial charge in [-0.25, -0.2) is 4.98 Å². The van der Waals surface area contributed by atoms with Gasteiger partial charge in [0.1, 0.15) is 5.52 Å². The molecule has 0 unspecified atom stereocenters. The predicted molar refractivity (Wildman–Crippen MR) is 97.0 cm³/mol. The third-order valence-electron chi connectivity index (χ3n) is 2.77. The van der Waals surface area contributed by atoms with Crippen LogP contribution in [-0.4, -0.2) is 4.98 Å². The second kappa shape index (κ2) is 5.47. The zero-order valence-electron chi connectivity index (χ0n) is 9.75. The lowest BCUT2D eigenvalue weighted by atomic mass is 10.2. The largest absolute Gasteiger partial charge is 0.436 e. The molecule has 0 atom stereocenters. The molecule has 7 heteroatoms. The second-order valence-electron chi connectivity index (χ2n) is 4.08. The van der Waals surface area contributed by atoms with Gasteiger partial charge in [0, 0.05) is 8.04 Å². The summed E-state index contributed by atoms with van der Waals surface area (Å²) in [6.45, 7) is 0. The lowest BCUT2D eigenvalue weighted by Gasteiger charge is -1.99. The Morgan fingerprint density at radius 2 is 2.00 bits per heavy atom. The van der Waals surface area contributed by atoms with Gasteiger partial charge in [-0.3, -0.25) is 0 Å². The number of fused-ring (bicyclic) bond motifs is 1. The fraction of sp³-hybridized carbons (Fsp3) is 0. The highest BCUT2D eigenvalue weighted by Gasteiger charge is 2.16. The van der Waals surface area contributed by atoms with Crippen molar-refractivity contribution in [2.45, 2.75) is 0 Å². The van der Waals surface area contributed by atoms with Crippen LogP contribution in [-0.2, 0) is 0 Å². The van der Waals surface area contributed by atoms with Crippen LogP contribution in [0.5, 0.6) is 0 Å². The number of halogens is 4. The molecular weight excluding hydrogens is 522 g/mol. The third kappa shape index (κ3) is 2.47. The summed E-state index contributed by atoms with van der Waals surface area (Å²) in [4.78, 5) is 4.48. The Bertz CT molecular complexity index is 835. The second-order valence-corrected chi connectivity index (χ2v) is 7.38. The minimum absolute atomic E-state index is 0.474.